The Balaban J connectivity index is 2.22. The van der Waals surface area contributed by atoms with Gasteiger partial charge in [0, 0.05) is 5.56 Å². The van der Waals surface area contributed by atoms with E-state index in [9.17, 15) is 4.21 Å². The highest BCUT2D eigenvalue weighted by molar-refractivity contribution is 7.99. The lowest BCUT2D eigenvalue weighted by atomic mass is 10.1. The molecule has 3 nitrogen and oxygen atoms in total. The van der Waals surface area contributed by atoms with Gasteiger partial charge in [-0.25, -0.2) is 4.21 Å². The van der Waals surface area contributed by atoms with Gasteiger partial charge in [-0.1, -0.05) is 18.2 Å². The van der Waals surface area contributed by atoms with E-state index in [1.54, 1.807) is 12.5 Å². The van der Waals surface area contributed by atoms with Gasteiger partial charge in [-0.2, -0.15) is 0 Å². The van der Waals surface area contributed by atoms with Gasteiger partial charge < -0.3 is 9.14 Å². The van der Waals surface area contributed by atoms with Gasteiger partial charge in [0.1, 0.15) is 0 Å². The average Bonchev–Trinajstić information content (AvgIpc) is 2.81. The molecule has 0 saturated carbocycles. The molecule has 1 aliphatic rings. The maximum Gasteiger partial charge on any atom is 0.0996 e. The zero-order valence-electron chi connectivity index (χ0n) is 9.05. The summed E-state index contributed by atoms with van der Waals surface area (Å²) in [7, 11) is -2.48. The number of nitrogens with one attached hydrogen (secondary N) is 1. The van der Waals surface area contributed by atoms with Crippen molar-refractivity contribution >= 4 is 27.4 Å². The second-order valence-electron chi connectivity index (χ2n) is 3.89. The number of furan rings is 1. The fourth-order valence-electron chi connectivity index (χ4n) is 1.88. The first-order valence-electron chi connectivity index (χ1n) is 5.15. The van der Waals surface area contributed by atoms with Crippen molar-refractivity contribution in [1.29, 1.82) is 0 Å². The van der Waals surface area contributed by atoms with E-state index in [0.29, 0.717) is 0 Å². The largest absolute Gasteiger partial charge is 0.472 e. The normalized spacial score (nSPS) is 22.5. The van der Waals surface area contributed by atoms with Crippen LogP contribution in [-0.2, 0) is 9.71 Å². The summed E-state index contributed by atoms with van der Waals surface area (Å²) in [6.07, 6.45) is 5.15. The lowest BCUT2D eigenvalue weighted by molar-refractivity contribution is 0.566. The summed E-state index contributed by atoms with van der Waals surface area (Å²) in [4.78, 5) is 0.743. The number of benzene rings is 1. The number of hydrogen-bond acceptors (Lipinski definition) is 2. The van der Waals surface area contributed by atoms with Crippen molar-refractivity contribution in [1.82, 2.24) is 4.72 Å². The minimum absolute atomic E-state index is 0.743. The van der Waals surface area contributed by atoms with Crippen molar-refractivity contribution in [2.45, 2.75) is 4.90 Å². The average molecular weight is 245 g/mol. The monoisotopic (exact) mass is 245 g/mol. The van der Waals surface area contributed by atoms with Crippen LogP contribution in [0.5, 0.6) is 0 Å². The van der Waals surface area contributed by atoms with E-state index in [1.165, 1.54) is 0 Å². The summed E-state index contributed by atoms with van der Waals surface area (Å²) >= 11 is 0. The van der Waals surface area contributed by atoms with Crippen LogP contribution in [0.25, 0.3) is 11.8 Å². The van der Waals surface area contributed by atoms with Gasteiger partial charge in [0.05, 0.1) is 32.8 Å². The first kappa shape index (κ1) is 10.2. The van der Waals surface area contributed by atoms with Gasteiger partial charge >= 0.3 is 0 Å². The smallest absolute Gasteiger partial charge is 0.0996 e. The van der Waals surface area contributed by atoms with Crippen LogP contribution in [0.15, 0.2) is 52.2 Å². The minimum Gasteiger partial charge on any atom is -0.472 e. The Hall–Kier alpha value is -1.94. The summed E-state index contributed by atoms with van der Waals surface area (Å²) < 4.78 is 20.4. The molecular formula is C13H11NO2S. The van der Waals surface area contributed by atoms with E-state index < -0.39 is 9.71 Å². The Labute approximate surface area is 99.9 Å². The molecule has 2 heterocycles. The molecular weight excluding hydrogens is 234 g/mol. The number of hydrogen-bond donors (Lipinski definition) is 1. The van der Waals surface area contributed by atoms with Crippen molar-refractivity contribution in [3.63, 3.8) is 0 Å². The van der Waals surface area contributed by atoms with Crippen LogP contribution in [0.1, 0.15) is 11.1 Å². The van der Waals surface area contributed by atoms with Crippen LogP contribution in [-0.4, -0.2) is 10.1 Å². The highest BCUT2D eigenvalue weighted by Gasteiger charge is 2.19. The standard InChI is InChI=1S/C13H11NO2S/c1-17(15)13-5-3-2-4-10(13)8-12(14-17)11-6-7-16-9-11/h2-9H,1H2,(H,14,15). The zero-order chi connectivity index (χ0) is 11.9. The predicted molar refractivity (Wildman–Crippen MR) is 69.7 cm³/mol. The van der Waals surface area contributed by atoms with Crippen molar-refractivity contribution < 1.29 is 8.63 Å². The molecule has 1 atom stereocenters. The second kappa shape index (κ2) is 3.53. The molecule has 0 fully saturated rings. The van der Waals surface area contributed by atoms with Gasteiger partial charge in [0.2, 0.25) is 0 Å². The minimum atomic E-state index is -2.48. The Kier molecular flexibility index (Phi) is 2.12. The Morgan fingerprint density at radius 3 is 2.82 bits per heavy atom. The van der Waals surface area contributed by atoms with E-state index in [-0.39, 0.29) is 0 Å². The Bertz CT molecular complexity index is 682. The van der Waals surface area contributed by atoms with Crippen molar-refractivity contribution in [3.8, 4) is 0 Å². The molecule has 0 amide bonds. The lowest BCUT2D eigenvalue weighted by Gasteiger charge is -2.21. The van der Waals surface area contributed by atoms with Crippen LogP contribution in [0, 0.1) is 0 Å². The molecule has 1 aliphatic heterocycles. The first-order valence-corrected chi connectivity index (χ1v) is 6.88. The lowest BCUT2D eigenvalue weighted by Crippen LogP contribution is -2.25. The molecule has 0 radical (unpaired) electrons. The highest BCUT2D eigenvalue weighted by Crippen LogP contribution is 2.27. The van der Waals surface area contributed by atoms with E-state index in [4.69, 9.17) is 4.42 Å². The van der Waals surface area contributed by atoms with Crippen LogP contribution in [0.3, 0.4) is 0 Å². The number of fused-ring (bicyclic) bond motifs is 1. The fourth-order valence-corrected chi connectivity index (χ4v) is 3.33. The predicted octanol–water partition coefficient (Wildman–Crippen LogP) is 2.37. The molecule has 0 aliphatic carbocycles. The number of rotatable bonds is 1. The molecule has 1 unspecified atom stereocenters. The third-order valence-corrected chi connectivity index (χ3v) is 4.31. The molecule has 3 rings (SSSR count). The van der Waals surface area contributed by atoms with E-state index in [1.807, 2.05) is 36.4 Å². The molecule has 0 spiro atoms. The van der Waals surface area contributed by atoms with Crippen molar-refractivity contribution in [2.75, 3.05) is 0 Å². The van der Waals surface area contributed by atoms with E-state index in [2.05, 4.69) is 10.6 Å². The van der Waals surface area contributed by atoms with Gasteiger partial charge in [-0.15, -0.1) is 0 Å². The third kappa shape index (κ3) is 1.66. The Morgan fingerprint density at radius 1 is 1.24 bits per heavy atom. The first-order chi connectivity index (χ1) is 8.17. The topological polar surface area (TPSA) is 42.2 Å². The molecule has 4 heteroatoms. The van der Waals surface area contributed by atoms with Gasteiger partial charge in [0.15, 0.2) is 0 Å². The molecule has 1 N–H and O–H groups in total. The maximum absolute atomic E-state index is 12.4. The molecule has 1 aromatic carbocycles. The molecule has 86 valence electrons. The SMILES string of the molecule is C=S1(=O)NC(c2ccoc2)=Cc2ccccc21. The second-order valence-corrected chi connectivity index (χ2v) is 5.88. The molecule has 1 aromatic heterocycles. The maximum atomic E-state index is 12.4. The summed E-state index contributed by atoms with van der Waals surface area (Å²) in [5.74, 6) is 3.78. The molecule has 0 saturated heterocycles. The third-order valence-electron chi connectivity index (χ3n) is 2.68. The van der Waals surface area contributed by atoms with E-state index >= 15 is 0 Å². The fraction of sp³-hybridized carbons (Fsp3) is 0. The van der Waals surface area contributed by atoms with Crippen molar-refractivity contribution in [2.24, 2.45) is 0 Å². The summed E-state index contributed by atoms with van der Waals surface area (Å²) in [5.41, 5.74) is 2.58. The summed E-state index contributed by atoms with van der Waals surface area (Å²) in [5, 5.41) is 0. The Morgan fingerprint density at radius 2 is 2.06 bits per heavy atom. The highest BCUT2D eigenvalue weighted by atomic mass is 32.2. The van der Waals surface area contributed by atoms with E-state index in [0.717, 1.165) is 21.7 Å². The van der Waals surface area contributed by atoms with Crippen LogP contribution in [0.2, 0.25) is 0 Å². The van der Waals surface area contributed by atoms with Crippen LogP contribution in [0.4, 0.5) is 0 Å². The molecule has 17 heavy (non-hydrogen) atoms. The van der Waals surface area contributed by atoms with Gasteiger partial charge in [0.25, 0.3) is 0 Å². The van der Waals surface area contributed by atoms with Crippen LogP contribution < -0.4 is 4.72 Å². The molecule has 2 aromatic rings. The molecule has 0 bridgehead atoms. The zero-order valence-corrected chi connectivity index (χ0v) is 9.87. The van der Waals surface area contributed by atoms with Gasteiger partial charge in [-0.05, 0) is 29.6 Å². The summed E-state index contributed by atoms with van der Waals surface area (Å²) in [6.45, 7) is 0. The van der Waals surface area contributed by atoms with Gasteiger partial charge in [-0.3, -0.25) is 0 Å². The van der Waals surface area contributed by atoms with Crippen LogP contribution >= 0.6 is 0 Å². The van der Waals surface area contributed by atoms with Crippen molar-refractivity contribution in [3.05, 3.63) is 54.0 Å². The summed E-state index contributed by atoms with van der Waals surface area (Å²) in [6, 6.07) is 9.37. The quantitative estimate of drug-likeness (QED) is 0.784.